The van der Waals surface area contributed by atoms with Gasteiger partial charge in [0.1, 0.15) is 10.6 Å². The standard InChI is InChI=1S/C18H19NO5S/c1-4-23-17(21)13-10-25-16(14(13)18(22)24-5-2)19-15(20)12-9-7-6-8-11(12)3/h6-10H,4-5H2,1-3H3,(H,19,20). The molecule has 1 amide bonds. The first-order chi connectivity index (χ1) is 12.0. The smallest absolute Gasteiger partial charge is 0.342 e. The van der Waals surface area contributed by atoms with Crippen LogP contribution in [0.2, 0.25) is 0 Å². The maximum Gasteiger partial charge on any atom is 0.342 e. The number of thiophene rings is 1. The molecule has 0 radical (unpaired) electrons. The van der Waals surface area contributed by atoms with Crippen LogP contribution in [0.5, 0.6) is 0 Å². The molecule has 0 atom stereocenters. The highest BCUT2D eigenvalue weighted by Crippen LogP contribution is 2.30. The Hall–Kier alpha value is -2.67. The summed E-state index contributed by atoms with van der Waals surface area (Å²) >= 11 is 1.08. The Bertz CT molecular complexity index is 797. The van der Waals surface area contributed by atoms with Gasteiger partial charge in [0.2, 0.25) is 0 Å². The van der Waals surface area contributed by atoms with Gasteiger partial charge in [-0.15, -0.1) is 11.3 Å². The summed E-state index contributed by atoms with van der Waals surface area (Å²) in [4.78, 5) is 36.8. The molecule has 0 spiro atoms. The Labute approximate surface area is 149 Å². The van der Waals surface area contributed by atoms with Crippen LogP contribution in [0.1, 0.15) is 50.5 Å². The first kappa shape index (κ1) is 18.7. The van der Waals surface area contributed by atoms with E-state index in [1.165, 1.54) is 5.38 Å². The molecule has 6 nitrogen and oxygen atoms in total. The van der Waals surface area contributed by atoms with E-state index in [0.717, 1.165) is 16.9 Å². The topological polar surface area (TPSA) is 81.7 Å². The average Bonchev–Trinajstić information content (AvgIpc) is 2.99. The molecular formula is C18H19NO5S. The summed E-state index contributed by atoms with van der Waals surface area (Å²) < 4.78 is 9.98. The molecule has 0 fully saturated rings. The summed E-state index contributed by atoms with van der Waals surface area (Å²) in [5.74, 6) is -1.66. The predicted octanol–water partition coefficient (Wildman–Crippen LogP) is 3.66. The van der Waals surface area contributed by atoms with Crippen molar-refractivity contribution in [1.82, 2.24) is 0 Å². The van der Waals surface area contributed by atoms with Crippen molar-refractivity contribution in [2.24, 2.45) is 0 Å². The van der Waals surface area contributed by atoms with Crippen molar-refractivity contribution in [1.29, 1.82) is 0 Å². The van der Waals surface area contributed by atoms with Crippen LogP contribution in [-0.2, 0) is 9.47 Å². The highest BCUT2D eigenvalue weighted by Gasteiger charge is 2.26. The monoisotopic (exact) mass is 361 g/mol. The third-order valence-corrected chi connectivity index (χ3v) is 4.28. The summed E-state index contributed by atoms with van der Waals surface area (Å²) in [5.41, 5.74) is 1.40. The number of aryl methyl sites for hydroxylation is 1. The zero-order chi connectivity index (χ0) is 18.4. The van der Waals surface area contributed by atoms with Crippen molar-refractivity contribution in [3.63, 3.8) is 0 Å². The first-order valence-electron chi connectivity index (χ1n) is 7.82. The van der Waals surface area contributed by atoms with E-state index in [1.807, 2.05) is 19.1 Å². The first-order valence-corrected chi connectivity index (χ1v) is 8.70. The molecule has 0 saturated carbocycles. The van der Waals surface area contributed by atoms with Crippen LogP contribution in [0.3, 0.4) is 0 Å². The second-order valence-corrected chi connectivity index (χ2v) is 5.94. The number of esters is 2. The molecule has 1 aromatic heterocycles. The fourth-order valence-electron chi connectivity index (χ4n) is 2.21. The highest BCUT2D eigenvalue weighted by atomic mass is 32.1. The van der Waals surface area contributed by atoms with E-state index in [0.29, 0.717) is 5.56 Å². The minimum atomic E-state index is -0.674. The highest BCUT2D eigenvalue weighted by molar-refractivity contribution is 7.15. The number of hydrogen-bond acceptors (Lipinski definition) is 6. The molecule has 1 N–H and O–H groups in total. The van der Waals surface area contributed by atoms with Gasteiger partial charge in [-0.1, -0.05) is 18.2 Å². The summed E-state index contributed by atoms with van der Waals surface area (Å²) in [5, 5.41) is 4.44. The van der Waals surface area contributed by atoms with Gasteiger partial charge in [-0.2, -0.15) is 0 Å². The zero-order valence-electron chi connectivity index (χ0n) is 14.3. The van der Waals surface area contributed by atoms with E-state index in [9.17, 15) is 14.4 Å². The van der Waals surface area contributed by atoms with Crippen LogP contribution < -0.4 is 5.32 Å². The van der Waals surface area contributed by atoms with Crippen molar-refractivity contribution >= 4 is 34.2 Å². The third-order valence-electron chi connectivity index (χ3n) is 3.38. The van der Waals surface area contributed by atoms with Crippen molar-refractivity contribution in [2.75, 3.05) is 18.5 Å². The van der Waals surface area contributed by atoms with Gasteiger partial charge in [0, 0.05) is 10.9 Å². The second-order valence-electron chi connectivity index (χ2n) is 5.06. The molecule has 25 heavy (non-hydrogen) atoms. The Morgan fingerprint density at radius 1 is 1.00 bits per heavy atom. The molecule has 0 aliphatic heterocycles. The molecule has 132 valence electrons. The minimum Gasteiger partial charge on any atom is -0.462 e. The zero-order valence-corrected chi connectivity index (χ0v) is 15.1. The number of rotatable bonds is 6. The minimum absolute atomic E-state index is 0.0206. The SMILES string of the molecule is CCOC(=O)c1csc(NC(=O)c2ccccc2C)c1C(=O)OCC. The largest absolute Gasteiger partial charge is 0.462 e. The lowest BCUT2D eigenvalue weighted by molar-refractivity contribution is 0.0481. The number of nitrogens with one attached hydrogen (secondary N) is 1. The lowest BCUT2D eigenvalue weighted by Crippen LogP contribution is -2.17. The van der Waals surface area contributed by atoms with Gasteiger partial charge in [0.05, 0.1) is 18.8 Å². The predicted molar refractivity (Wildman–Crippen MR) is 95.4 cm³/mol. The maximum atomic E-state index is 12.5. The Morgan fingerprint density at radius 2 is 1.64 bits per heavy atom. The van der Waals surface area contributed by atoms with Gasteiger partial charge in [-0.25, -0.2) is 9.59 Å². The Morgan fingerprint density at radius 3 is 2.28 bits per heavy atom. The molecule has 1 heterocycles. The van der Waals surface area contributed by atoms with Crippen LogP contribution in [0.25, 0.3) is 0 Å². The lowest BCUT2D eigenvalue weighted by atomic mass is 10.1. The summed E-state index contributed by atoms with van der Waals surface area (Å²) in [6.45, 7) is 5.50. The molecule has 2 aromatic rings. The van der Waals surface area contributed by atoms with E-state index in [-0.39, 0.29) is 35.2 Å². The van der Waals surface area contributed by atoms with Crippen LogP contribution in [0.15, 0.2) is 29.6 Å². The van der Waals surface area contributed by atoms with Crippen LogP contribution in [0.4, 0.5) is 5.00 Å². The normalized spacial score (nSPS) is 10.2. The Kier molecular flexibility index (Phi) is 6.30. The van der Waals surface area contributed by atoms with E-state index in [2.05, 4.69) is 5.32 Å². The molecule has 0 aliphatic rings. The van der Waals surface area contributed by atoms with Crippen molar-refractivity contribution < 1.29 is 23.9 Å². The third kappa shape index (κ3) is 4.24. The fourth-order valence-corrected chi connectivity index (χ4v) is 3.13. The van der Waals surface area contributed by atoms with Crippen LogP contribution >= 0.6 is 11.3 Å². The summed E-state index contributed by atoms with van der Waals surface area (Å²) in [6, 6.07) is 7.10. The number of benzene rings is 1. The number of anilines is 1. The molecule has 7 heteroatoms. The number of carbonyl (C=O) groups excluding carboxylic acids is 3. The molecule has 0 bridgehead atoms. The van der Waals surface area contributed by atoms with Gasteiger partial charge >= 0.3 is 11.9 Å². The van der Waals surface area contributed by atoms with Crippen molar-refractivity contribution in [3.8, 4) is 0 Å². The lowest BCUT2D eigenvalue weighted by Gasteiger charge is -2.09. The summed E-state index contributed by atoms with van der Waals surface area (Å²) in [6.07, 6.45) is 0. The molecule has 2 rings (SSSR count). The number of carbonyl (C=O) groups is 3. The van der Waals surface area contributed by atoms with Crippen molar-refractivity contribution in [3.05, 3.63) is 51.9 Å². The van der Waals surface area contributed by atoms with E-state index in [1.54, 1.807) is 26.0 Å². The molecular weight excluding hydrogens is 342 g/mol. The fraction of sp³-hybridized carbons (Fsp3) is 0.278. The number of hydrogen-bond donors (Lipinski definition) is 1. The van der Waals surface area contributed by atoms with E-state index in [4.69, 9.17) is 9.47 Å². The average molecular weight is 361 g/mol. The van der Waals surface area contributed by atoms with E-state index >= 15 is 0 Å². The van der Waals surface area contributed by atoms with Gasteiger partial charge in [-0.3, -0.25) is 4.79 Å². The number of ether oxygens (including phenoxy) is 2. The maximum absolute atomic E-state index is 12.5. The van der Waals surface area contributed by atoms with Crippen LogP contribution in [-0.4, -0.2) is 31.1 Å². The summed E-state index contributed by atoms with van der Waals surface area (Å²) in [7, 11) is 0. The molecule has 0 unspecified atom stereocenters. The quantitative estimate of drug-likeness (QED) is 0.794. The second kappa shape index (κ2) is 8.43. The molecule has 0 saturated heterocycles. The van der Waals surface area contributed by atoms with Gasteiger partial charge < -0.3 is 14.8 Å². The Balaban J connectivity index is 2.37. The number of amides is 1. The van der Waals surface area contributed by atoms with Gasteiger partial charge in [0.25, 0.3) is 5.91 Å². The van der Waals surface area contributed by atoms with Crippen molar-refractivity contribution in [2.45, 2.75) is 20.8 Å². The van der Waals surface area contributed by atoms with E-state index < -0.39 is 11.9 Å². The molecule has 0 aliphatic carbocycles. The molecule has 1 aromatic carbocycles. The van der Waals surface area contributed by atoms with Crippen LogP contribution in [0, 0.1) is 6.92 Å². The van der Waals surface area contributed by atoms with Gasteiger partial charge in [-0.05, 0) is 32.4 Å². The van der Waals surface area contributed by atoms with Gasteiger partial charge in [0.15, 0.2) is 0 Å².